The fourth-order valence-corrected chi connectivity index (χ4v) is 3.69. The molecular formula is C25H21N3O3. The van der Waals surface area contributed by atoms with Crippen LogP contribution >= 0.6 is 0 Å². The maximum atomic E-state index is 13.2. The van der Waals surface area contributed by atoms with Crippen LogP contribution in [0.15, 0.2) is 66.7 Å². The summed E-state index contributed by atoms with van der Waals surface area (Å²) in [6.45, 7) is 5.80. The number of hydrogen-bond donors (Lipinski definition) is 1. The molecule has 0 bridgehead atoms. The zero-order chi connectivity index (χ0) is 22.1. The zero-order valence-electron chi connectivity index (χ0n) is 17.5. The molecule has 0 fully saturated rings. The summed E-state index contributed by atoms with van der Waals surface area (Å²) in [6.07, 6.45) is 0. The van der Waals surface area contributed by atoms with Crippen molar-refractivity contribution in [2.75, 3.05) is 5.32 Å². The number of carbonyl (C=O) groups is 1. The van der Waals surface area contributed by atoms with E-state index < -0.39 is 4.92 Å². The van der Waals surface area contributed by atoms with E-state index in [1.165, 1.54) is 12.1 Å². The van der Waals surface area contributed by atoms with Gasteiger partial charge in [-0.05, 0) is 50.1 Å². The lowest BCUT2D eigenvalue weighted by Gasteiger charge is -2.13. The van der Waals surface area contributed by atoms with Gasteiger partial charge in [0.2, 0.25) is 0 Å². The van der Waals surface area contributed by atoms with E-state index in [1.54, 1.807) is 19.1 Å². The summed E-state index contributed by atoms with van der Waals surface area (Å²) >= 11 is 0. The number of nitro benzene ring substituents is 1. The third-order valence-corrected chi connectivity index (χ3v) is 5.29. The van der Waals surface area contributed by atoms with Crippen LogP contribution in [0.3, 0.4) is 0 Å². The number of nitrogens with one attached hydrogen (secondary N) is 1. The minimum atomic E-state index is -0.453. The van der Waals surface area contributed by atoms with E-state index in [4.69, 9.17) is 4.98 Å². The van der Waals surface area contributed by atoms with E-state index in [0.717, 1.165) is 33.3 Å². The van der Waals surface area contributed by atoms with Crippen LogP contribution in [0.4, 0.5) is 11.4 Å². The van der Waals surface area contributed by atoms with Crippen molar-refractivity contribution < 1.29 is 9.72 Å². The summed E-state index contributed by atoms with van der Waals surface area (Å²) in [4.78, 5) is 28.6. The minimum absolute atomic E-state index is 0.0120. The molecule has 6 nitrogen and oxygen atoms in total. The van der Waals surface area contributed by atoms with E-state index >= 15 is 0 Å². The number of benzene rings is 3. The van der Waals surface area contributed by atoms with Gasteiger partial charge in [-0.2, -0.15) is 0 Å². The van der Waals surface area contributed by atoms with Gasteiger partial charge in [0.15, 0.2) is 0 Å². The Hall–Kier alpha value is -4.06. The monoisotopic (exact) mass is 411 g/mol. The largest absolute Gasteiger partial charge is 0.322 e. The molecule has 1 heterocycles. The highest BCUT2D eigenvalue weighted by Crippen LogP contribution is 2.29. The van der Waals surface area contributed by atoms with Gasteiger partial charge in [-0.25, -0.2) is 4.98 Å². The second kappa shape index (κ2) is 7.99. The van der Waals surface area contributed by atoms with Gasteiger partial charge in [-0.15, -0.1) is 0 Å². The van der Waals surface area contributed by atoms with E-state index in [-0.39, 0.29) is 11.6 Å². The first kappa shape index (κ1) is 20.2. The molecule has 31 heavy (non-hydrogen) atoms. The van der Waals surface area contributed by atoms with Gasteiger partial charge in [0.05, 0.1) is 21.7 Å². The van der Waals surface area contributed by atoms with Gasteiger partial charge in [-0.3, -0.25) is 14.9 Å². The van der Waals surface area contributed by atoms with Crippen LogP contribution in [-0.2, 0) is 0 Å². The number of para-hydroxylation sites is 1. The molecule has 0 radical (unpaired) electrons. The molecule has 1 amide bonds. The molecule has 0 atom stereocenters. The minimum Gasteiger partial charge on any atom is -0.322 e. The number of amides is 1. The highest BCUT2D eigenvalue weighted by Gasteiger charge is 2.17. The number of anilines is 1. The average Bonchev–Trinajstić information content (AvgIpc) is 2.74. The molecule has 0 spiro atoms. The quantitative estimate of drug-likeness (QED) is 0.330. The smallest absolute Gasteiger partial charge is 0.269 e. The topological polar surface area (TPSA) is 85.1 Å². The summed E-state index contributed by atoms with van der Waals surface area (Å²) in [5.74, 6) is -0.290. The Kier molecular flexibility index (Phi) is 5.21. The van der Waals surface area contributed by atoms with Crippen LogP contribution in [0.5, 0.6) is 0 Å². The van der Waals surface area contributed by atoms with Gasteiger partial charge in [0, 0.05) is 28.8 Å². The number of rotatable bonds is 4. The second-order valence-corrected chi connectivity index (χ2v) is 7.60. The molecule has 6 heteroatoms. The predicted octanol–water partition coefficient (Wildman–Crippen LogP) is 5.99. The van der Waals surface area contributed by atoms with E-state index in [9.17, 15) is 14.9 Å². The third-order valence-electron chi connectivity index (χ3n) is 5.29. The molecule has 4 aromatic rings. The lowest BCUT2D eigenvalue weighted by Crippen LogP contribution is -2.14. The van der Waals surface area contributed by atoms with Crippen LogP contribution in [0.2, 0.25) is 0 Å². The van der Waals surface area contributed by atoms with Crippen molar-refractivity contribution in [1.82, 2.24) is 4.98 Å². The van der Waals surface area contributed by atoms with E-state index in [2.05, 4.69) is 11.4 Å². The molecule has 0 saturated heterocycles. The number of pyridine rings is 1. The number of nitro groups is 1. The van der Waals surface area contributed by atoms with Crippen LogP contribution < -0.4 is 5.32 Å². The SMILES string of the molecule is Cc1ccc(-c2cc(C(=O)Nc3ccc([N+](=O)[O-])cc3C)c3ccccc3n2)c(C)c1. The number of aromatic nitrogens is 1. The van der Waals surface area contributed by atoms with Gasteiger partial charge in [0.25, 0.3) is 11.6 Å². The van der Waals surface area contributed by atoms with Crippen LogP contribution in [0, 0.1) is 30.9 Å². The highest BCUT2D eigenvalue weighted by atomic mass is 16.6. The van der Waals surface area contributed by atoms with Gasteiger partial charge in [-0.1, -0.05) is 42.0 Å². The number of aryl methyl sites for hydroxylation is 3. The summed E-state index contributed by atoms with van der Waals surface area (Å²) in [7, 11) is 0. The van der Waals surface area contributed by atoms with Crippen LogP contribution in [-0.4, -0.2) is 15.8 Å². The number of fused-ring (bicyclic) bond motifs is 1. The zero-order valence-corrected chi connectivity index (χ0v) is 17.5. The molecule has 0 aliphatic carbocycles. The molecule has 1 aromatic heterocycles. The van der Waals surface area contributed by atoms with Gasteiger partial charge >= 0.3 is 0 Å². The average molecular weight is 411 g/mol. The fraction of sp³-hybridized carbons (Fsp3) is 0.120. The van der Waals surface area contributed by atoms with Gasteiger partial charge in [0.1, 0.15) is 0 Å². The number of non-ortho nitro benzene ring substituents is 1. The van der Waals surface area contributed by atoms with E-state index in [0.29, 0.717) is 16.8 Å². The standard InChI is InChI=1S/C25H21N3O3/c1-15-8-10-19(16(2)12-15)24-14-21(20-6-4-5-7-23(20)26-24)25(29)27-22-11-9-18(28(30)31)13-17(22)3/h4-14H,1-3H3,(H,27,29). The molecule has 0 unspecified atom stereocenters. The highest BCUT2D eigenvalue weighted by molar-refractivity contribution is 6.13. The van der Waals surface area contributed by atoms with Crippen LogP contribution in [0.1, 0.15) is 27.0 Å². The molecule has 0 aliphatic heterocycles. The Morgan fingerprint density at radius 3 is 2.42 bits per heavy atom. The Labute approximate surface area is 179 Å². The summed E-state index contributed by atoms with van der Waals surface area (Å²) in [5.41, 5.74) is 6.30. The first-order valence-electron chi connectivity index (χ1n) is 9.87. The number of nitrogens with zero attached hydrogens (tertiary/aromatic N) is 2. The van der Waals surface area contributed by atoms with Crippen molar-refractivity contribution in [3.63, 3.8) is 0 Å². The Morgan fingerprint density at radius 1 is 0.935 bits per heavy atom. The van der Waals surface area contributed by atoms with Crippen molar-refractivity contribution in [3.05, 3.63) is 99.1 Å². The second-order valence-electron chi connectivity index (χ2n) is 7.60. The Balaban J connectivity index is 1.79. The molecule has 1 N–H and O–H groups in total. The van der Waals surface area contributed by atoms with Gasteiger partial charge < -0.3 is 5.32 Å². The maximum absolute atomic E-state index is 13.2. The van der Waals surface area contributed by atoms with Crippen molar-refractivity contribution in [1.29, 1.82) is 0 Å². The first-order valence-corrected chi connectivity index (χ1v) is 9.87. The predicted molar refractivity (Wildman–Crippen MR) is 122 cm³/mol. The molecule has 4 rings (SSSR count). The lowest BCUT2D eigenvalue weighted by atomic mass is 9.99. The Bertz CT molecular complexity index is 1350. The van der Waals surface area contributed by atoms with Crippen LogP contribution in [0.25, 0.3) is 22.2 Å². The summed E-state index contributed by atoms with van der Waals surface area (Å²) < 4.78 is 0. The van der Waals surface area contributed by atoms with Crippen molar-refractivity contribution in [2.24, 2.45) is 0 Å². The molecule has 154 valence electrons. The molecule has 0 aliphatic rings. The first-order chi connectivity index (χ1) is 14.8. The number of carbonyl (C=O) groups excluding carboxylic acids is 1. The Morgan fingerprint density at radius 2 is 1.71 bits per heavy atom. The lowest BCUT2D eigenvalue weighted by molar-refractivity contribution is -0.384. The van der Waals surface area contributed by atoms with Crippen molar-refractivity contribution in [3.8, 4) is 11.3 Å². The molecule has 0 saturated carbocycles. The summed E-state index contributed by atoms with van der Waals surface area (Å²) in [5, 5.41) is 14.6. The maximum Gasteiger partial charge on any atom is 0.269 e. The van der Waals surface area contributed by atoms with Crippen molar-refractivity contribution >= 4 is 28.2 Å². The number of hydrogen-bond acceptors (Lipinski definition) is 4. The normalized spacial score (nSPS) is 10.8. The third kappa shape index (κ3) is 4.00. The fourth-order valence-electron chi connectivity index (χ4n) is 3.69. The van der Waals surface area contributed by atoms with Crippen molar-refractivity contribution in [2.45, 2.75) is 20.8 Å². The van der Waals surface area contributed by atoms with E-state index in [1.807, 2.05) is 50.2 Å². The molecular weight excluding hydrogens is 390 g/mol. The summed E-state index contributed by atoms with van der Waals surface area (Å²) in [6, 6.07) is 19.8. The molecule has 3 aromatic carbocycles.